The number of hydrogen-bond acceptors (Lipinski definition) is 2. The minimum absolute atomic E-state index is 0.193. The summed E-state index contributed by atoms with van der Waals surface area (Å²) in [5.41, 5.74) is 0.788. The second-order valence-corrected chi connectivity index (χ2v) is 4.48. The second kappa shape index (κ2) is 5.85. The van der Waals surface area contributed by atoms with Crippen molar-refractivity contribution in [1.29, 1.82) is 0 Å². The van der Waals surface area contributed by atoms with Crippen LogP contribution in [0.3, 0.4) is 0 Å². The summed E-state index contributed by atoms with van der Waals surface area (Å²) in [6.45, 7) is 4.84. The van der Waals surface area contributed by atoms with Gasteiger partial charge in [0.2, 0.25) is 0 Å². The first kappa shape index (κ1) is 13.0. The molecule has 0 fully saturated rings. The fourth-order valence-electron chi connectivity index (χ4n) is 1.85. The first-order valence-electron chi connectivity index (χ1n) is 5.91. The standard InChI is InChI=1S/C13H22N2O/c1-5-7-11(2)15(4)10-13(16)12-8-6-9-14(12)3/h6,8-9,11H,5,7,10H2,1-4H3. The van der Waals surface area contributed by atoms with Crippen LogP contribution in [0.4, 0.5) is 0 Å². The molecule has 3 nitrogen and oxygen atoms in total. The number of aromatic nitrogens is 1. The molecule has 0 aliphatic heterocycles. The molecule has 0 aliphatic carbocycles. The first-order valence-corrected chi connectivity index (χ1v) is 5.91. The van der Waals surface area contributed by atoms with Gasteiger partial charge in [-0.3, -0.25) is 9.69 Å². The Bertz CT molecular complexity index is 343. The summed E-state index contributed by atoms with van der Waals surface area (Å²) in [6.07, 6.45) is 4.20. The van der Waals surface area contributed by atoms with E-state index in [1.807, 2.05) is 37.0 Å². The zero-order valence-corrected chi connectivity index (χ0v) is 10.7. The van der Waals surface area contributed by atoms with Crippen molar-refractivity contribution in [2.24, 2.45) is 7.05 Å². The van der Waals surface area contributed by atoms with Crippen LogP contribution in [0.5, 0.6) is 0 Å². The van der Waals surface area contributed by atoms with Crippen molar-refractivity contribution in [1.82, 2.24) is 9.47 Å². The Morgan fingerprint density at radius 2 is 2.25 bits per heavy atom. The molecule has 0 aromatic carbocycles. The third kappa shape index (κ3) is 3.20. The van der Waals surface area contributed by atoms with E-state index < -0.39 is 0 Å². The number of rotatable bonds is 6. The summed E-state index contributed by atoms with van der Waals surface area (Å²) in [6, 6.07) is 4.25. The SMILES string of the molecule is CCCC(C)N(C)CC(=O)c1cccn1C. The van der Waals surface area contributed by atoms with Gasteiger partial charge in [0.25, 0.3) is 0 Å². The monoisotopic (exact) mass is 222 g/mol. The zero-order valence-electron chi connectivity index (χ0n) is 10.7. The number of ketones is 1. The van der Waals surface area contributed by atoms with Crippen LogP contribution in [-0.2, 0) is 7.05 Å². The lowest BCUT2D eigenvalue weighted by atomic mass is 10.1. The summed E-state index contributed by atoms with van der Waals surface area (Å²) in [7, 11) is 3.92. The lowest BCUT2D eigenvalue weighted by Gasteiger charge is -2.23. The van der Waals surface area contributed by atoms with Crippen LogP contribution >= 0.6 is 0 Å². The molecule has 90 valence electrons. The summed E-state index contributed by atoms with van der Waals surface area (Å²) >= 11 is 0. The van der Waals surface area contributed by atoms with Crippen LogP contribution in [0.25, 0.3) is 0 Å². The number of Topliss-reactive ketones (excluding diaryl/α,β-unsaturated/α-hetero) is 1. The number of carbonyl (C=O) groups excluding carboxylic acids is 1. The number of hydrogen-bond donors (Lipinski definition) is 0. The summed E-state index contributed by atoms with van der Waals surface area (Å²) in [5.74, 6) is 0.193. The Morgan fingerprint density at radius 1 is 1.56 bits per heavy atom. The van der Waals surface area contributed by atoms with Gasteiger partial charge in [-0.2, -0.15) is 0 Å². The quantitative estimate of drug-likeness (QED) is 0.690. The fraction of sp³-hybridized carbons (Fsp3) is 0.615. The third-order valence-corrected chi connectivity index (χ3v) is 3.08. The van der Waals surface area contributed by atoms with Crippen molar-refractivity contribution in [3.05, 3.63) is 24.0 Å². The van der Waals surface area contributed by atoms with Gasteiger partial charge in [0.1, 0.15) is 0 Å². The van der Waals surface area contributed by atoms with Crippen molar-refractivity contribution in [2.75, 3.05) is 13.6 Å². The summed E-state index contributed by atoms with van der Waals surface area (Å²) in [5, 5.41) is 0. The lowest BCUT2D eigenvalue weighted by Crippen LogP contribution is -2.34. The van der Waals surface area contributed by atoms with Crippen LogP contribution in [0.2, 0.25) is 0 Å². The van der Waals surface area contributed by atoms with Gasteiger partial charge in [-0.1, -0.05) is 13.3 Å². The minimum Gasteiger partial charge on any atom is -0.348 e. The molecule has 16 heavy (non-hydrogen) atoms. The highest BCUT2D eigenvalue weighted by atomic mass is 16.1. The lowest BCUT2D eigenvalue weighted by molar-refractivity contribution is 0.0913. The number of likely N-dealkylation sites (N-methyl/N-ethyl adjacent to an activating group) is 1. The average molecular weight is 222 g/mol. The van der Waals surface area contributed by atoms with Crippen molar-refractivity contribution in [2.45, 2.75) is 32.7 Å². The summed E-state index contributed by atoms with van der Waals surface area (Å²) < 4.78 is 1.88. The number of aryl methyl sites for hydroxylation is 1. The molecule has 1 heterocycles. The molecular weight excluding hydrogens is 200 g/mol. The normalized spacial score (nSPS) is 13.1. The van der Waals surface area contributed by atoms with Crippen LogP contribution in [-0.4, -0.2) is 34.9 Å². The molecular formula is C13H22N2O. The highest BCUT2D eigenvalue weighted by Gasteiger charge is 2.15. The molecule has 0 spiro atoms. The number of carbonyl (C=O) groups is 1. The third-order valence-electron chi connectivity index (χ3n) is 3.08. The Balaban J connectivity index is 2.55. The molecule has 0 N–H and O–H groups in total. The minimum atomic E-state index is 0.193. The van der Waals surface area contributed by atoms with Gasteiger partial charge < -0.3 is 4.57 Å². The fourth-order valence-corrected chi connectivity index (χ4v) is 1.85. The van der Waals surface area contributed by atoms with Gasteiger partial charge >= 0.3 is 0 Å². The first-order chi connectivity index (χ1) is 7.56. The maximum absolute atomic E-state index is 12.0. The molecule has 0 saturated heterocycles. The molecule has 1 unspecified atom stereocenters. The Labute approximate surface area is 98.1 Å². The van der Waals surface area contributed by atoms with E-state index in [-0.39, 0.29) is 5.78 Å². The molecule has 0 radical (unpaired) electrons. The van der Waals surface area contributed by atoms with Gasteiger partial charge in [0.05, 0.1) is 12.2 Å². The van der Waals surface area contributed by atoms with E-state index in [0.29, 0.717) is 12.6 Å². The van der Waals surface area contributed by atoms with E-state index in [4.69, 9.17) is 0 Å². The topological polar surface area (TPSA) is 25.2 Å². The van der Waals surface area contributed by atoms with Crippen molar-refractivity contribution < 1.29 is 4.79 Å². The van der Waals surface area contributed by atoms with Crippen molar-refractivity contribution >= 4 is 5.78 Å². The Hall–Kier alpha value is -1.09. The average Bonchev–Trinajstić information content (AvgIpc) is 2.64. The van der Waals surface area contributed by atoms with Crippen molar-refractivity contribution in [3.63, 3.8) is 0 Å². The molecule has 0 saturated carbocycles. The highest BCUT2D eigenvalue weighted by Crippen LogP contribution is 2.07. The zero-order chi connectivity index (χ0) is 12.1. The van der Waals surface area contributed by atoms with Gasteiger partial charge in [0.15, 0.2) is 5.78 Å². The second-order valence-electron chi connectivity index (χ2n) is 4.48. The van der Waals surface area contributed by atoms with E-state index in [9.17, 15) is 4.79 Å². The molecule has 1 atom stereocenters. The molecule has 1 aromatic heterocycles. The molecule has 0 bridgehead atoms. The molecule has 0 aliphatic rings. The largest absolute Gasteiger partial charge is 0.348 e. The van der Waals surface area contributed by atoms with Crippen LogP contribution in [0, 0.1) is 0 Å². The van der Waals surface area contributed by atoms with E-state index in [1.54, 1.807) is 0 Å². The van der Waals surface area contributed by atoms with Crippen LogP contribution in [0.1, 0.15) is 37.2 Å². The highest BCUT2D eigenvalue weighted by molar-refractivity contribution is 5.96. The van der Waals surface area contributed by atoms with Crippen LogP contribution < -0.4 is 0 Å². The molecule has 3 heteroatoms. The van der Waals surface area contributed by atoms with Gasteiger partial charge in [0, 0.05) is 19.3 Å². The Kier molecular flexibility index (Phi) is 4.74. The maximum atomic E-state index is 12.0. The van der Waals surface area contributed by atoms with E-state index in [2.05, 4.69) is 18.7 Å². The van der Waals surface area contributed by atoms with E-state index >= 15 is 0 Å². The predicted octanol–water partition coefficient (Wildman–Crippen LogP) is 2.33. The van der Waals surface area contributed by atoms with Crippen molar-refractivity contribution in [3.8, 4) is 0 Å². The Morgan fingerprint density at radius 3 is 2.75 bits per heavy atom. The van der Waals surface area contributed by atoms with Gasteiger partial charge in [-0.05, 0) is 32.5 Å². The predicted molar refractivity (Wildman–Crippen MR) is 66.7 cm³/mol. The van der Waals surface area contributed by atoms with Gasteiger partial charge in [-0.25, -0.2) is 0 Å². The number of nitrogens with zero attached hydrogens (tertiary/aromatic N) is 2. The van der Waals surface area contributed by atoms with E-state index in [0.717, 1.165) is 18.5 Å². The molecule has 1 aromatic rings. The smallest absolute Gasteiger partial charge is 0.193 e. The van der Waals surface area contributed by atoms with E-state index in [1.165, 1.54) is 0 Å². The van der Waals surface area contributed by atoms with Gasteiger partial charge in [-0.15, -0.1) is 0 Å². The summed E-state index contributed by atoms with van der Waals surface area (Å²) in [4.78, 5) is 14.1. The molecule has 0 amide bonds. The van der Waals surface area contributed by atoms with Crippen LogP contribution in [0.15, 0.2) is 18.3 Å². The molecule has 1 rings (SSSR count). The maximum Gasteiger partial charge on any atom is 0.193 e.